The van der Waals surface area contributed by atoms with Gasteiger partial charge in [0.1, 0.15) is 0 Å². The van der Waals surface area contributed by atoms with Gasteiger partial charge in [0.2, 0.25) is 0 Å². The summed E-state index contributed by atoms with van der Waals surface area (Å²) in [5.41, 5.74) is 4.90. The molecule has 31 heavy (non-hydrogen) atoms. The maximum atomic E-state index is 12.6. The minimum atomic E-state index is -0.127. The molecule has 0 saturated heterocycles. The average molecular weight is 515 g/mol. The van der Waals surface area contributed by atoms with Crippen LogP contribution in [0.5, 0.6) is 0 Å². The summed E-state index contributed by atoms with van der Waals surface area (Å²) in [7, 11) is 0. The molecule has 1 aromatic heterocycles. The Labute approximate surface area is 198 Å². The van der Waals surface area contributed by atoms with E-state index in [-0.39, 0.29) is 11.9 Å². The molecule has 156 valence electrons. The number of nitrogens with zero attached hydrogens (tertiary/aromatic N) is 1. The van der Waals surface area contributed by atoms with Crippen LogP contribution in [-0.2, 0) is 0 Å². The van der Waals surface area contributed by atoms with Crippen LogP contribution in [0.1, 0.15) is 28.9 Å². The van der Waals surface area contributed by atoms with Crippen LogP contribution in [0.4, 0.5) is 0 Å². The summed E-state index contributed by atoms with van der Waals surface area (Å²) in [5.74, 6) is -0.127. The molecule has 4 nitrogen and oxygen atoms in total. The number of carbonyl (C=O) groups is 1. The zero-order chi connectivity index (χ0) is 22.0. The van der Waals surface area contributed by atoms with Crippen molar-refractivity contribution in [2.45, 2.75) is 13.0 Å². The summed E-state index contributed by atoms with van der Waals surface area (Å²) in [4.78, 5) is 12.6. The summed E-state index contributed by atoms with van der Waals surface area (Å²) in [5, 5.41) is 11.5. The Balaban J connectivity index is 1.47. The fraction of sp³-hybridized carbons (Fsp3) is 0.0833. The molecule has 4 rings (SSSR count). The lowest BCUT2D eigenvalue weighted by atomic mass is 10.1. The van der Waals surface area contributed by atoms with Crippen molar-refractivity contribution < 1.29 is 4.79 Å². The minimum Gasteiger partial charge on any atom is -0.346 e. The van der Waals surface area contributed by atoms with E-state index in [1.54, 1.807) is 24.3 Å². The van der Waals surface area contributed by atoms with Crippen LogP contribution >= 0.6 is 39.1 Å². The lowest BCUT2D eigenvalue weighted by molar-refractivity contribution is 0.0940. The zero-order valence-corrected chi connectivity index (χ0v) is 19.6. The quantitative estimate of drug-likeness (QED) is 0.293. The van der Waals surface area contributed by atoms with Gasteiger partial charge in [0, 0.05) is 26.2 Å². The molecule has 0 unspecified atom stereocenters. The second-order valence-electron chi connectivity index (χ2n) is 7.12. The van der Waals surface area contributed by atoms with Gasteiger partial charge in [-0.15, -0.1) is 0 Å². The lowest BCUT2D eigenvalue weighted by Gasteiger charge is -2.14. The van der Waals surface area contributed by atoms with Crippen molar-refractivity contribution in [2.75, 3.05) is 0 Å². The van der Waals surface area contributed by atoms with Gasteiger partial charge >= 0.3 is 0 Å². The van der Waals surface area contributed by atoms with Crippen molar-refractivity contribution in [3.63, 3.8) is 0 Å². The summed E-state index contributed by atoms with van der Waals surface area (Å²) >= 11 is 15.7. The number of aromatic nitrogens is 2. The van der Waals surface area contributed by atoms with E-state index in [0.29, 0.717) is 15.6 Å². The third-order valence-corrected chi connectivity index (χ3v) is 6.04. The van der Waals surface area contributed by atoms with Crippen molar-refractivity contribution in [3.05, 3.63) is 98.4 Å². The number of nitrogens with one attached hydrogen (secondary N) is 2. The lowest BCUT2D eigenvalue weighted by Crippen LogP contribution is -2.26. The number of halogens is 3. The molecule has 4 aromatic rings. The molecule has 3 aromatic carbocycles. The number of H-pyrrole nitrogens is 1. The fourth-order valence-electron chi connectivity index (χ4n) is 3.22. The maximum absolute atomic E-state index is 12.6. The van der Waals surface area contributed by atoms with Crippen LogP contribution in [0.25, 0.3) is 22.5 Å². The number of aromatic amines is 1. The molecule has 0 aliphatic carbocycles. The standard InChI is InChI=1S/C24H18BrCl2N3O/c1-14(15-6-8-18(25)9-7-15)28-24(31)17-4-2-16(3-5-17)22-13-23(30-29-22)20-11-10-19(26)12-21(20)27/h2-14H,1H3,(H,28,31)(H,29,30)/t14-/m0/s1. The number of hydrogen-bond acceptors (Lipinski definition) is 2. The van der Waals surface area contributed by atoms with Crippen molar-refractivity contribution in [1.82, 2.24) is 15.5 Å². The molecule has 0 bridgehead atoms. The van der Waals surface area contributed by atoms with E-state index < -0.39 is 0 Å². The van der Waals surface area contributed by atoms with Gasteiger partial charge in [0.05, 0.1) is 22.5 Å². The van der Waals surface area contributed by atoms with Gasteiger partial charge in [-0.25, -0.2) is 0 Å². The van der Waals surface area contributed by atoms with E-state index in [1.807, 2.05) is 55.5 Å². The van der Waals surface area contributed by atoms with Crippen LogP contribution in [0.2, 0.25) is 10.0 Å². The highest BCUT2D eigenvalue weighted by atomic mass is 79.9. The van der Waals surface area contributed by atoms with Crippen LogP contribution in [0, 0.1) is 0 Å². The van der Waals surface area contributed by atoms with E-state index in [9.17, 15) is 4.79 Å². The topological polar surface area (TPSA) is 57.8 Å². The molecule has 1 atom stereocenters. The van der Waals surface area contributed by atoms with Crippen LogP contribution in [0.15, 0.2) is 77.3 Å². The molecule has 0 saturated carbocycles. The minimum absolute atomic E-state index is 0.0988. The Morgan fingerprint density at radius 3 is 2.39 bits per heavy atom. The Morgan fingerprint density at radius 2 is 1.71 bits per heavy atom. The first-order chi connectivity index (χ1) is 14.9. The Morgan fingerprint density at radius 1 is 1.00 bits per heavy atom. The largest absolute Gasteiger partial charge is 0.346 e. The van der Waals surface area contributed by atoms with Gasteiger partial charge in [-0.3, -0.25) is 9.89 Å². The predicted molar refractivity (Wildman–Crippen MR) is 130 cm³/mol. The van der Waals surface area contributed by atoms with Crippen molar-refractivity contribution in [3.8, 4) is 22.5 Å². The highest BCUT2D eigenvalue weighted by molar-refractivity contribution is 9.10. The van der Waals surface area contributed by atoms with Gasteiger partial charge < -0.3 is 5.32 Å². The summed E-state index contributed by atoms with van der Waals surface area (Å²) in [6.07, 6.45) is 0. The average Bonchev–Trinajstić information content (AvgIpc) is 3.24. The summed E-state index contributed by atoms with van der Waals surface area (Å²) in [6.45, 7) is 1.96. The summed E-state index contributed by atoms with van der Waals surface area (Å²) in [6, 6.07) is 22.4. The van der Waals surface area contributed by atoms with E-state index >= 15 is 0 Å². The first-order valence-corrected chi connectivity index (χ1v) is 11.1. The maximum Gasteiger partial charge on any atom is 0.251 e. The number of carbonyl (C=O) groups excluding carboxylic acids is 1. The third-order valence-electron chi connectivity index (χ3n) is 4.96. The number of amides is 1. The second-order valence-corrected chi connectivity index (χ2v) is 8.87. The highest BCUT2D eigenvalue weighted by Gasteiger charge is 2.13. The van der Waals surface area contributed by atoms with Crippen LogP contribution in [0.3, 0.4) is 0 Å². The molecular formula is C24H18BrCl2N3O. The highest BCUT2D eigenvalue weighted by Crippen LogP contribution is 2.31. The first kappa shape index (κ1) is 21.6. The molecule has 0 aliphatic rings. The molecule has 0 fully saturated rings. The summed E-state index contributed by atoms with van der Waals surface area (Å²) < 4.78 is 1.00. The Hall–Kier alpha value is -2.60. The monoisotopic (exact) mass is 513 g/mol. The molecule has 2 N–H and O–H groups in total. The molecule has 0 spiro atoms. The molecule has 0 radical (unpaired) electrons. The van der Waals surface area contributed by atoms with Gasteiger partial charge in [0.15, 0.2) is 0 Å². The third kappa shape index (κ3) is 5.01. The van der Waals surface area contributed by atoms with Crippen LogP contribution < -0.4 is 5.32 Å². The number of rotatable bonds is 5. The van der Waals surface area contributed by atoms with Crippen LogP contribution in [-0.4, -0.2) is 16.1 Å². The van der Waals surface area contributed by atoms with Crippen molar-refractivity contribution in [2.24, 2.45) is 0 Å². The van der Waals surface area contributed by atoms with Gasteiger partial charge in [0.25, 0.3) is 5.91 Å². The van der Waals surface area contributed by atoms with E-state index in [4.69, 9.17) is 23.2 Å². The van der Waals surface area contributed by atoms with Crippen molar-refractivity contribution in [1.29, 1.82) is 0 Å². The van der Waals surface area contributed by atoms with Gasteiger partial charge in [-0.2, -0.15) is 5.10 Å². The first-order valence-electron chi connectivity index (χ1n) is 9.58. The molecule has 1 amide bonds. The molecule has 0 aliphatic heterocycles. The van der Waals surface area contributed by atoms with E-state index in [1.165, 1.54) is 0 Å². The molecule has 1 heterocycles. The number of benzene rings is 3. The zero-order valence-electron chi connectivity index (χ0n) is 16.5. The fourth-order valence-corrected chi connectivity index (χ4v) is 4.00. The molecular weight excluding hydrogens is 497 g/mol. The molecule has 7 heteroatoms. The van der Waals surface area contributed by atoms with Gasteiger partial charge in [-0.1, -0.05) is 63.4 Å². The van der Waals surface area contributed by atoms with E-state index in [0.717, 1.165) is 32.6 Å². The predicted octanol–water partition coefficient (Wildman–Crippen LogP) is 7.30. The Bertz CT molecular complexity index is 1220. The van der Waals surface area contributed by atoms with E-state index in [2.05, 4.69) is 31.4 Å². The normalized spacial score (nSPS) is 11.9. The Kier molecular flexibility index (Phi) is 6.46. The number of hydrogen-bond donors (Lipinski definition) is 2. The van der Waals surface area contributed by atoms with Crippen molar-refractivity contribution >= 4 is 45.0 Å². The smallest absolute Gasteiger partial charge is 0.251 e. The SMILES string of the molecule is C[C@H](NC(=O)c1ccc(-c2cc(-c3ccc(Cl)cc3Cl)[nH]n2)cc1)c1ccc(Br)cc1. The second kappa shape index (κ2) is 9.27. The van der Waals surface area contributed by atoms with Gasteiger partial charge in [-0.05, 0) is 61.0 Å².